The highest BCUT2D eigenvalue weighted by atomic mass is 14.6. The standard InChI is InChI=1S/C16H21N/c17-15-3-1-2-12(9-15)16-13-5-10-4-11(7-13)8-14(16)6-10/h1-3,9-11,13-14,16H,4-8,17H2. The molecule has 0 heterocycles. The van der Waals surface area contributed by atoms with E-state index >= 15 is 0 Å². The molecule has 1 aromatic rings. The fraction of sp³-hybridized carbons (Fsp3) is 0.625. The second-order valence-electron chi connectivity index (χ2n) is 6.63. The van der Waals surface area contributed by atoms with Gasteiger partial charge in [0.1, 0.15) is 0 Å². The molecular weight excluding hydrogens is 206 g/mol. The average Bonchev–Trinajstić information content (AvgIpc) is 2.27. The van der Waals surface area contributed by atoms with Crippen molar-refractivity contribution in [3.8, 4) is 0 Å². The zero-order valence-electron chi connectivity index (χ0n) is 10.3. The minimum Gasteiger partial charge on any atom is -0.399 e. The first kappa shape index (κ1) is 9.99. The molecule has 4 aliphatic carbocycles. The van der Waals surface area contributed by atoms with Crippen molar-refractivity contribution >= 4 is 5.69 Å². The van der Waals surface area contributed by atoms with Gasteiger partial charge in [0.05, 0.1) is 0 Å². The first-order valence-corrected chi connectivity index (χ1v) is 7.15. The fourth-order valence-electron chi connectivity index (χ4n) is 5.24. The Morgan fingerprint density at radius 1 is 0.882 bits per heavy atom. The predicted octanol–water partition coefficient (Wildman–Crippen LogP) is 3.81. The van der Waals surface area contributed by atoms with E-state index < -0.39 is 0 Å². The lowest BCUT2D eigenvalue weighted by atomic mass is 9.51. The normalized spacial score (nSPS) is 42.9. The van der Waals surface area contributed by atoms with E-state index in [0.29, 0.717) is 0 Å². The second kappa shape index (κ2) is 3.51. The van der Waals surface area contributed by atoms with Crippen LogP contribution in [0.4, 0.5) is 5.69 Å². The van der Waals surface area contributed by atoms with Gasteiger partial charge in [0.15, 0.2) is 0 Å². The zero-order valence-corrected chi connectivity index (χ0v) is 10.3. The Hall–Kier alpha value is -0.980. The molecule has 90 valence electrons. The lowest BCUT2D eigenvalue weighted by Crippen LogP contribution is -2.43. The van der Waals surface area contributed by atoms with Gasteiger partial charge in [0, 0.05) is 5.69 Å². The highest BCUT2D eigenvalue weighted by Crippen LogP contribution is 2.59. The van der Waals surface area contributed by atoms with Crippen molar-refractivity contribution in [3.63, 3.8) is 0 Å². The molecule has 4 saturated carbocycles. The quantitative estimate of drug-likeness (QED) is 0.725. The van der Waals surface area contributed by atoms with Crippen LogP contribution < -0.4 is 5.73 Å². The Morgan fingerprint density at radius 2 is 1.53 bits per heavy atom. The van der Waals surface area contributed by atoms with E-state index in [9.17, 15) is 0 Å². The number of benzene rings is 1. The Kier molecular flexibility index (Phi) is 2.06. The van der Waals surface area contributed by atoms with Gasteiger partial charge in [-0.1, -0.05) is 12.1 Å². The average molecular weight is 227 g/mol. The Morgan fingerprint density at radius 3 is 2.12 bits per heavy atom. The monoisotopic (exact) mass is 227 g/mol. The molecule has 0 atom stereocenters. The Bertz CT molecular complexity index is 409. The molecule has 0 amide bonds. The molecule has 0 radical (unpaired) electrons. The minimum absolute atomic E-state index is 0.825. The van der Waals surface area contributed by atoms with Crippen molar-refractivity contribution in [2.24, 2.45) is 23.7 Å². The predicted molar refractivity (Wildman–Crippen MR) is 70.6 cm³/mol. The first-order chi connectivity index (χ1) is 8.29. The summed E-state index contributed by atoms with van der Waals surface area (Å²) in [5.41, 5.74) is 8.42. The lowest BCUT2D eigenvalue weighted by Gasteiger charge is -2.54. The summed E-state index contributed by atoms with van der Waals surface area (Å²) in [5, 5.41) is 0. The molecule has 4 aliphatic rings. The Balaban J connectivity index is 1.70. The van der Waals surface area contributed by atoms with Crippen molar-refractivity contribution in [2.45, 2.75) is 38.0 Å². The third-order valence-electron chi connectivity index (χ3n) is 5.52. The number of nitrogen functional groups attached to an aromatic ring is 1. The van der Waals surface area contributed by atoms with Crippen LogP contribution in [0, 0.1) is 23.7 Å². The summed E-state index contributed by atoms with van der Waals surface area (Å²) in [6.45, 7) is 0. The van der Waals surface area contributed by atoms with Crippen LogP contribution in [0.2, 0.25) is 0 Å². The van der Waals surface area contributed by atoms with Crippen LogP contribution in [0.5, 0.6) is 0 Å². The third kappa shape index (κ3) is 1.51. The van der Waals surface area contributed by atoms with Gasteiger partial charge in [-0.05, 0) is 79.4 Å². The van der Waals surface area contributed by atoms with Gasteiger partial charge >= 0.3 is 0 Å². The number of hydrogen-bond acceptors (Lipinski definition) is 1. The number of rotatable bonds is 1. The molecule has 0 spiro atoms. The van der Waals surface area contributed by atoms with Gasteiger partial charge in [0.2, 0.25) is 0 Å². The van der Waals surface area contributed by atoms with Crippen molar-refractivity contribution < 1.29 is 0 Å². The topological polar surface area (TPSA) is 26.0 Å². The minimum atomic E-state index is 0.825. The van der Waals surface area contributed by atoms with Crippen LogP contribution in [0.25, 0.3) is 0 Å². The smallest absolute Gasteiger partial charge is 0.0316 e. The maximum Gasteiger partial charge on any atom is 0.0316 e. The summed E-state index contributed by atoms with van der Waals surface area (Å²) in [7, 11) is 0. The molecule has 5 rings (SSSR count). The van der Waals surface area contributed by atoms with Gasteiger partial charge < -0.3 is 5.73 Å². The number of hydrogen-bond donors (Lipinski definition) is 1. The maximum atomic E-state index is 5.95. The molecule has 1 heteroatoms. The van der Waals surface area contributed by atoms with E-state index in [0.717, 1.165) is 35.3 Å². The summed E-state index contributed by atoms with van der Waals surface area (Å²) in [4.78, 5) is 0. The fourth-order valence-corrected chi connectivity index (χ4v) is 5.24. The van der Waals surface area contributed by atoms with Gasteiger partial charge in [0.25, 0.3) is 0 Å². The van der Waals surface area contributed by atoms with E-state index in [1.54, 1.807) is 0 Å². The molecule has 4 fully saturated rings. The van der Waals surface area contributed by atoms with Crippen molar-refractivity contribution in [1.82, 2.24) is 0 Å². The van der Waals surface area contributed by atoms with Gasteiger partial charge in [-0.3, -0.25) is 0 Å². The molecule has 0 aliphatic heterocycles. The van der Waals surface area contributed by atoms with E-state index in [2.05, 4.69) is 18.2 Å². The second-order valence-corrected chi connectivity index (χ2v) is 6.63. The van der Waals surface area contributed by atoms with Crippen LogP contribution in [-0.2, 0) is 0 Å². The first-order valence-electron chi connectivity index (χ1n) is 7.15. The van der Waals surface area contributed by atoms with E-state index in [-0.39, 0.29) is 0 Å². The van der Waals surface area contributed by atoms with Gasteiger partial charge in [-0.2, -0.15) is 0 Å². The molecular formula is C16H21N. The maximum absolute atomic E-state index is 5.95. The summed E-state index contributed by atoms with van der Waals surface area (Å²) < 4.78 is 0. The van der Waals surface area contributed by atoms with E-state index in [1.165, 1.54) is 37.7 Å². The van der Waals surface area contributed by atoms with Crippen LogP contribution in [0.1, 0.15) is 43.6 Å². The molecule has 0 unspecified atom stereocenters. The number of nitrogens with two attached hydrogens (primary N) is 1. The summed E-state index contributed by atoms with van der Waals surface area (Å²) in [6.07, 6.45) is 7.51. The highest BCUT2D eigenvalue weighted by Gasteiger charge is 2.48. The van der Waals surface area contributed by atoms with Crippen molar-refractivity contribution in [1.29, 1.82) is 0 Å². The molecule has 0 aromatic heterocycles. The zero-order chi connectivity index (χ0) is 11.4. The molecule has 17 heavy (non-hydrogen) atoms. The third-order valence-corrected chi connectivity index (χ3v) is 5.52. The SMILES string of the molecule is Nc1cccc(C2C3CC4CC(C3)CC2C4)c1. The molecule has 1 aromatic carbocycles. The molecule has 2 N–H and O–H groups in total. The largest absolute Gasteiger partial charge is 0.399 e. The summed E-state index contributed by atoms with van der Waals surface area (Å²) >= 11 is 0. The van der Waals surface area contributed by atoms with E-state index in [4.69, 9.17) is 5.73 Å². The van der Waals surface area contributed by atoms with Crippen LogP contribution in [0.15, 0.2) is 24.3 Å². The van der Waals surface area contributed by atoms with Crippen LogP contribution in [-0.4, -0.2) is 0 Å². The van der Waals surface area contributed by atoms with Crippen LogP contribution in [0.3, 0.4) is 0 Å². The van der Waals surface area contributed by atoms with Crippen LogP contribution >= 0.6 is 0 Å². The van der Waals surface area contributed by atoms with Gasteiger partial charge in [-0.15, -0.1) is 0 Å². The van der Waals surface area contributed by atoms with Crippen molar-refractivity contribution in [2.75, 3.05) is 5.73 Å². The Labute approximate surface area is 103 Å². The lowest BCUT2D eigenvalue weighted by molar-refractivity contribution is -0.00275. The van der Waals surface area contributed by atoms with Gasteiger partial charge in [-0.25, -0.2) is 0 Å². The van der Waals surface area contributed by atoms with E-state index in [1.807, 2.05) is 6.07 Å². The summed E-state index contributed by atoms with van der Waals surface area (Å²) in [6, 6.07) is 8.69. The molecule has 1 nitrogen and oxygen atoms in total. The highest BCUT2D eigenvalue weighted by molar-refractivity contribution is 5.42. The van der Waals surface area contributed by atoms with Crippen molar-refractivity contribution in [3.05, 3.63) is 29.8 Å². The summed E-state index contributed by atoms with van der Waals surface area (Å²) in [5.74, 6) is 4.89. The molecule has 0 saturated heterocycles. The molecule has 4 bridgehead atoms. The number of anilines is 1.